The SMILES string of the molecule is C=CCN1CCN(C(=O)NC2CCCC2)CC1. The van der Waals surface area contributed by atoms with Crippen LogP contribution < -0.4 is 5.32 Å². The van der Waals surface area contributed by atoms with Crippen molar-refractivity contribution in [3.05, 3.63) is 12.7 Å². The van der Waals surface area contributed by atoms with E-state index in [2.05, 4.69) is 16.8 Å². The first kappa shape index (κ1) is 12.4. The molecular formula is C13H23N3O. The third-order valence-corrected chi connectivity index (χ3v) is 3.73. The van der Waals surface area contributed by atoms with Crippen LogP contribution in [0.5, 0.6) is 0 Å². The summed E-state index contributed by atoms with van der Waals surface area (Å²) in [7, 11) is 0. The number of nitrogens with zero attached hydrogens (tertiary/aromatic N) is 2. The van der Waals surface area contributed by atoms with E-state index in [1.54, 1.807) is 0 Å². The van der Waals surface area contributed by atoms with E-state index < -0.39 is 0 Å². The highest BCUT2D eigenvalue weighted by atomic mass is 16.2. The van der Waals surface area contributed by atoms with E-state index in [0.717, 1.165) is 45.6 Å². The summed E-state index contributed by atoms with van der Waals surface area (Å²) in [6, 6.07) is 0.559. The number of carbonyl (C=O) groups excluding carboxylic acids is 1. The summed E-state index contributed by atoms with van der Waals surface area (Å²) in [6.45, 7) is 8.28. The second-order valence-corrected chi connectivity index (χ2v) is 5.01. The Kier molecular flexibility index (Phi) is 4.42. The Morgan fingerprint density at radius 1 is 1.24 bits per heavy atom. The molecule has 4 heteroatoms. The van der Waals surface area contributed by atoms with E-state index in [9.17, 15) is 4.79 Å². The molecule has 0 radical (unpaired) electrons. The van der Waals surface area contributed by atoms with Crippen LogP contribution in [-0.4, -0.2) is 54.6 Å². The molecule has 1 aliphatic carbocycles. The fourth-order valence-corrected chi connectivity index (χ4v) is 2.65. The van der Waals surface area contributed by atoms with Crippen molar-refractivity contribution in [3.8, 4) is 0 Å². The Morgan fingerprint density at radius 3 is 2.47 bits per heavy atom. The van der Waals surface area contributed by atoms with Crippen molar-refractivity contribution in [2.24, 2.45) is 0 Å². The number of hydrogen-bond donors (Lipinski definition) is 1. The maximum absolute atomic E-state index is 12.0. The first-order chi connectivity index (χ1) is 8.29. The topological polar surface area (TPSA) is 35.6 Å². The van der Waals surface area contributed by atoms with Crippen LogP contribution in [-0.2, 0) is 0 Å². The average Bonchev–Trinajstić information content (AvgIpc) is 2.83. The lowest BCUT2D eigenvalue weighted by Gasteiger charge is -2.34. The van der Waals surface area contributed by atoms with Gasteiger partial charge in [0.1, 0.15) is 0 Å². The number of urea groups is 1. The van der Waals surface area contributed by atoms with Gasteiger partial charge in [0.25, 0.3) is 0 Å². The summed E-state index contributed by atoms with van der Waals surface area (Å²) in [6.07, 6.45) is 6.76. The lowest BCUT2D eigenvalue weighted by Crippen LogP contribution is -2.53. The summed E-state index contributed by atoms with van der Waals surface area (Å²) >= 11 is 0. The fraction of sp³-hybridized carbons (Fsp3) is 0.769. The van der Waals surface area contributed by atoms with Crippen molar-refractivity contribution in [1.82, 2.24) is 15.1 Å². The summed E-state index contributed by atoms with van der Waals surface area (Å²) in [5, 5.41) is 3.14. The second kappa shape index (κ2) is 6.05. The summed E-state index contributed by atoms with van der Waals surface area (Å²) < 4.78 is 0. The number of nitrogens with one attached hydrogen (secondary N) is 1. The molecule has 2 fully saturated rings. The predicted molar refractivity (Wildman–Crippen MR) is 69.0 cm³/mol. The standard InChI is InChI=1S/C13H23N3O/c1-2-7-15-8-10-16(11-9-15)13(17)14-12-5-3-4-6-12/h2,12H,1,3-11H2,(H,14,17). The zero-order chi connectivity index (χ0) is 12.1. The Bertz CT molecular complexity index is 266. The molecule has 2 aliphatic rings. The van der Waals surface area contributed by atoms with Crippen LogP contribution in [0.1, 0.15) is 25.7 Å². The molecule has 0 aromatic rings. The molecule has 2 rings (SSSR count). The molecular weight excluding hydrogens is 214 g/mol. The molecule has 0 atom stereocenters. The molecule has 0 spiro atoms. The summed E-state index contributed by atoms with van der Waals surface area (Å²) in [5.41, 5.74) is 0. The monoisotopic (exact) mass is 237 g/mol. The molecule has 1 saturated heterocycles. The van der Waals surface area contributed by atoms with Gasteiger partial charge in [-0.15, -0.1) is 6.58 Å². The van der Waals surface area contributed by atoms with Crippen LogP contribution in [0.15, 0.2) is 12.7 Å². The minimum absolute atomic E-state index is 0.134. The smallest absolute Gasteiger partial charge is 0.317 e. The Morgan fingerprint density at radius 2 is 1.88 bits per heavy atom. The highest BCUT2D eigenvalue weighted by molar-refractivity contribution is 5.74. The van der Waals surface area contributed by atoms with Gasteiger partial charge in [-0.1, -0.05) is 18.9 Å². The van der Waals surface area contributed by atoms with Gasteiger partial charge >= 0.3 is 6.03 Å². The van der Waals surface area contributed by atoms with Crippen molar-refractivity contribution >= 4 is 6.03 Å². The maximum atomic E-state index is 12.0. The Balaban J connectivity index is 1.71. The van der Waals surface area contributed by atoms with Gasteiger partial charge < -0.3 is 10.2 Å². The number of amides is 2. The minimum Gasteiger partial charge on any atom is -0.335 e. The van der Waals surface area contributed by atoms with Gasteiger partial charge in [-0.2, -0.15) is 0 Å². The van der Waals surface area contributed by atoms with Crippen LogP contribution in [0.2, 0.25) is 0 Å². The number of rotatable bonds is 3. The second-order valence-electron chi connectivity index (χ2n) is 5.01. The van der Waals surface area contributed by atoms with E-state index in [1.165, 1.54) is 12.8 Å². The van der Waals surface area contributed by atoms with Crippen LogP contribution in [0, 0.1) is 0 Å². The van der Waals surface area contributed by atoms with Crippen LogP contribution in [0.25, 0.3) is 0 Å². The molecule has 4 nitrogen and oxygen atoms in total. The van der Waals surface area contributed by atoms with Crippen molar-refractivity contribution < 1.29 is 4.79 Å². The predicted octanol–water partition coefficient (Wildman–Crippen LogP) is 1.44. The lowest BCUT2D eigenvalue weighted by atomic mass is 10.2. The summed E-state index contributed by atoms with van der Waals surface area (Å²) in [4.78, 5) is 16.3. The molecule has 1 saturated carbocycles. The van der Waals surface area contributed by atoms with E-state index in [1.807, 2.05) is 11.0 Å². The van der Waals surface area contributed by atoms with Gasteiger partial charge in [-0.05, 0) is 12.8 Å². The molecule has 0 unspecified atom stereocenters. The van der Waals surface area contributed by atoms with Gasteiger partial charge in [0.15, 0.2) is 0 Å². The molecule has 0 bridgehead atoms. The molecule has 0 aromatic heterocycles. The number of piperazine rings is 1. The van der Waals surface area contributed by atoms with Crippen molar-refractivity contribution in [1.29, 1.82) is 0 Å². The lowest BCUT2D eigenvalue weighted by molar-refractivity contribution is 0.144. The van der Waals surface area contributed by atoms with Gasteiger partial charge in [-0.25, -0.2) is 4.79 Å². The van der Waals surface area contributed by atoms with Gasteiger partial charge in [0, 0.05) is 38.8 Å². The van der Waals surface area contributed by atoms with Gasteiger partial charge in [0.2, 0.25) is 0 Å². The van der Waals surface area contributed by atoms with Gasteiger partial charge in [0.05, 0.1) is 0 Å². The first-order valence-electron chi connectivity index (χ1n) is 6.68. The largest absolute Gasteiger partial charge is 0.335 e. The van der Waals surface area contributed by atoms with Crippen LogP contribution in [0.4, 0.5) is 4.79 Å². The Labute approximate surface area is 104 Å². The third kappa shape index (κ3) is 3.46. The quantitative estimate of drug-likeness (QED) is 0.754. The molecule has 2 amide bonds. The zero-order valence-corrected chi connectivity index (χ0v) is 10.5. The van der Waals surface area contributed by atoms with Crippen molar-refractivity contribution in [2.75, 3.05) is 32.7 Å². The molecule has 1 aliphatic heterocycles. The maximum Gasteiger partial charge on any atom is 0.317 e. The van der Waals surface area contributed by atoms with Crippen molar-refractivity contribution in [3.63, 3.8) is 0 Å². The molecule has 0 aromatic carbocycles. The van der Waals surface area contributed by atoms with Crippen molar-refractivity contribution in [2.45, 2.75) is 31.7 Å². The van der Waals surface area contributed by atoms with E-state index in [4.69, 9.17) is 0 Å². The third-order valence-electron chi connectivity index (χ3n) is 3.73. The van der Waals surface area contributed by atoms with Gasteiger partial charge in [-0.3, -0.25) is 4.90 Å². The normalized spacial score (nSPS) is 22.7. The first-order valence-corrected chi connectivity index (χ1v) is 6.68. The van der Waals surface area contributed by atoms with Crippen LogP contribution in [0.3, 0.4) is 0 Å². The molecule has 1 heterocycles. The number of carbonyl (C=O) groups is 1. The molecule has 17 heavy (non-hydrogen) atoms. The number of hydrogen-bond acceptors (Lipinski definition) is 2. The molecule has 1 N–H and O–H groups in total. The zero-order valence-electron chi connectivity index (χ0n) is 10.5. The van der Waals surface area contributed by atoms with E-state index in [0.29, 0.717) is 6.04 Å². The molecule has 96 valence electrons. The van der Waals surface area contributed by atoms with E-state index >= 15 is 0 Å². The average molecular weight is 237 g/mol. The van der Waals surface area contributed by atoms with E-state index in [-0.39, 0.29) is 6.03 Å². The van der Waals surface area contributed by atoms with Crippen LogP contribution >= 0.6 is 0 Å². The Hall–Kier alpha value is -1.03. The minimum atomic E-state index is 0.134. The highest BCUT2D eigenvalue weighted by Gasteiger charge is 2.23. The fourth-order valence-electron chi connectivity index (χ4n) is 2.65. The summed E-state index contributed by atoms with van der Waals surface area (Å²) in [5.74, 6) is 0. The highest BCUT2D eigenvalue weighted by Crippen LogP contribution is 2.18.